The van der Waals surface area contributed by atoms with Crippen LogP contribution < -0.4 is 9.62 Å². The Bertz CT molecular complexity index is 1060. The molecule has 32 heavy (non-hydrogen) atoms. The van der Waals surface area contributed by atoms with Gasteiger partial charge in [0.05, 0.1) is 17.3 Å². The molecule has 0 radical (unpaired) electrons. The van der Waals surface area contributed by atoms with Crippen molar-refractivity contribution in [3.63, 3.8) is 0 Å². The number of para-hydroxylation sites is 1. The standard InChI is InChI=1S/C23H28ClN3O4S/c1-2-27(19-10-6-5-7-11-19)32(30,31)21-16-18(13-14-20(21)24)25-22(28)17-26-15-9-4-3-8-12-23(26)29/h5-7,10-11,13-14,16H,2-4,8-9,12,15,17H2,1H3,(H,25,28). The van der Waals surface area contributed by atoms with Crippen molar-refractivity contribution in [1.82, 2.24) is 4.90 Å². The monoisotopic (exact) mass is 477 g/mol. The number of hydrogen-bond donors (Lipinski definition) is 1. The topological polar surface area (TPSA) is 86.8 Å². The fraction of sp³-hybridized carbons (Fsp3) is 0.391. The summed E-state index contributed by atoms with van der Waals surface area (Å²) in [6.45, 7) is 2.45. The van der Waals surface area contributed by atoms with Gasteiger partial charge in [-0.15, -0.1) is 0 Å². The highest BCUT2D eigenvalue weighted by Gasteiger charge is 2.27. The predicted octanol–water partition coefficient (Wildman–Crippen LogP) is 4.29. The summed E-state index contributed by atoms with van der Waals surface area (Å²) in [7, 11) is -3.95. The third-order valence-corrected chi connectivity index (χ3v) is 7.75. The highest BCUT2D eigenvalue weighted by atomic mass is 35.5. The van der Waals surface area contributed by atoms with E-state index in [-0.39, 0.29) is 34.8 Å². The molecule has 0 atom stereocenters. The first-order chi connectivity index (χ1) is 15.3. The molecule has 1 N–H and O–H groups in total. The van der Waals surface area contributed by atoms with E-state index in [1.54, 1.807) is 42.2 Å². The zero-order valence-electron chi connectivity index (χ0n) is 18.1. The van der Waals surface area contributed by atoms with Gasteiger partial charge in [0.15, 0.2) is 0 Å². The maximum Gasteiger partial charge on any atom is 0.265 e. The van der Waals surface area contributed by atoms with Crippen LogP contribution in [0.4, 0.5) is 11.4 Å². The number of nitrogens with one attached hydrogen (secondary N) is 1. The highest BCUT2D eigenvalue weighted by Crippen LogP contribution is 2.30. The number of carbonyl (C=O) groups is 2. The first kappa shape index (κ1) is 24.1. The average molecular weight is 478 g/mol. The van der Waals surface area contributed by atoms with Gasteiger partial charge in [-0.25, -0.2) is 8.42 Å². The molecule has 1 aliphatic rings. The Morgan fingerprint density at radius 1 is 1.09 bits per heavy atom. The minimum Gasteiger partial charge on any atom is -0.333 e. The Morgan fingerprint density at radius 2 is 1.81 bits per heavy atom. The fourth-order valence-corrected chi connectivity index (χ4v) is 5.72. The first-order valence-electron chi connectivity index (χ1n) is 10.8. The van der Waals surface area contributed by atoms with Crippen LogP contribution in [-0.2, 0) is 19.6 Å². The minimum absolute atomic E-state index is 0.0272. The summed E-state index contributed by atoms with van der Waals surface area (Å²) in [4.78, 5) is 26.3. The number of rotatable bonds is 7. The van der Waals surface area contributed by atoms with Gasteiger partial charge in [-0.05, 0) is 50.1 Å². The number of benzene rings is 2. The van der Waals surface area contributed by atoms with Crippen LogP contribution in [0.1, 0.15) is 39.0 Å². The summed E-state index contributed by atoms with van der Waals surface area (Å²) in [5, 5.41) is 2.77. The van der Waals surface area contributed by atoms with E-state index in [2.05, 4.69) is 5.32 Å². The van der Waals surface area contributed by atoms with Crippen LogP contribution in [0.2, 0.25) is 5.02 Å². The van der Waals surface area contributed by atoms with Crippen molar-refractivity contribution in [1.29, 1.82) is 0 Å². The quantitative estimate of drug-likeness (QED) is 0.644. The molecule has 2 amide bonds. The van der Waals surface area contributed by atoms with E-state index in [4.69, 9.17) is 11.6 Å². The second-order valence-corrected chi connectivity index (χ2v) is 9.92. The average Bonchev–Trinajstić information content (AvgIpc) is 2.76. The lowest BCUT2D eigenvalue weighted by atomic mass is 10.1. The zero-order chi connectivity index (χ0) is 23.1. The van der Waals surface area contributed by atoms with Crippen molar-refractivity contribution in [2.45, 2.75) is 43.9 Å². The normalized spacial score (nSPS) is 15.1. The number of anilines is 2. The molecular formula is C23H28ClN3O4S. The molecule has 1 saturated heterocycles. The van der Waals surface area contributed by atoms with Gasteiger partial charge in [-0.2, -0.15) is 0 Å². The number of carbonyl (C=O) groups excluding carboxylic acids is 2. The van der Waals surface area contributed by atoms with E-state index in [9.17, 15) is 18.0 Å². The molecule has 0 aliphatic carbocycles. The smallest absolute Gasteiger partial charge is 0.265 e. The summed E-state index contributed by atoms with van der Waals surface area (Å²) in [5.41, 5.74) is 0.831. The number of amides is 2. The second-order valence-electron chi connectivity index (χ2n) is 7.68. The lowest BCUT2D eigenvalue weighted by Crippen LogP contribution is -2.39. The third kappa shape index (κ3) is 5.81. The van der Waals surface area contributed by atoms with Crippen LogP contribution in [0.15, 0.2) is 53.4 Å². The zero-order valence-corrected chi connectivity index (χ0v) is 19.7. The van der Waals surface area contributed by atoms with Crippen molar-refractivity contribution in [3.05, 3.63) is 53.6 Å². The van der Waals surface area contributed by atoms with Gasteiger partial charge in [0, 0.05) is 25.2 Å². The van der Waals surface area contributed by atoms with Gasteiger partial charge >= 0.3 is 0 Å². The Balaban J connectivity index is 1.79. The molecule has 7 nitrogen and oxygen atoms in total. The predicted molar refractivity (Wildman–Crippen MR) is 126 cm³/mol. The van der Waals surface area contributed by atoms with Crippen LogP contribution in [0.3, 0.4) is 0 Å². The largest absolute Gasteiger partial charge is 0.333 e. The van der Waals surface area contributed by atoms with Crippen molar-refractivity contribution >= 4 is 44.8 Å². The Hall–Kier alpha value is -2.58. The maximum absolute atomic E-state index is 13.3. The molecular weight excluding hydrogens is 450 g/mol. The van der Waals surface area contributed by atoms with Crippen molar-refractivity contribution in [2.75, 3.05) is 29.3 Å². The molecule has 1 aliphatic heterocycles. The molecule has 172 valence electrons. The lowest BCUT2D eigenvalue weighted by molar-refractivity contribution is -0.135. The molecule has 1 fully saturated rings. The van der Waals surface area contributed by atoms with E-state index in [0.29, 0.717) is 24.3 Å². The molecule has 3 rings (SSSR count). The molecule has 9 heteroatoms. The highest BCUT2D eigenvalue weighted by molar-refractivity contribution is 7.93. The van der Waals surface area contributed by atoms with E-state index in [0.717, 1.165) is 25.7 Å². The van der Waals surface area contributed by atoms with Gasteiger partial charge in [-0.1, -0.05) is 42.6 Å². The number of hydrogen-bond acceptors (Lipinski definition) is 4. The van der Waals surface area contributed by atoms with Crippen LogP contribution in [0, 0.1) is 0 Å². The van der Waals surface area contributed by atoms with E-state index in [1.165, 1.54) is 16.4 Å². The van der Waals surface area contributed by atoms with Gasteiger partial charge in [-0.3, -0.25) is 13.9 Å². The van der Waals surface area contributed by atoms with Crippen molar-refractivity contribution in [2.24, 2.45) is 0 Å². The summed E-state index contributed by atoms with van der Waals surface area (Å²) >= 11 is 6.24. The van der Waals surface area contributed by atoms with Gasteiger partial charge in [0.1, 0.15) is 4.90 Å². The Kier molecular flexibility index (Phi) is 8.15. The molecule has 0 aromatic heterocycles. The van der Waals surface area contributed by atoms with Crippen LogP contribution in [-0.4, -0.2) is 44.8 Å². The number of sulfonamides is 1. The lowest BCUT2D eigenvalue weighted by Gasteiger charge is -2.25. The van der Waals surface area contributed by atoms with Gasteiger partial charge in [0.2, 0.25) is 11.8 Å². The Labute approximate surface area is 194 Å². The number of halogens is 1. The number of nitrogens with zero attached hydrogens (tertiary/aromatic N) is 2. The van der Waals surface area contributed by atoms with Crippen LogP contribution in [0.5, 0.6) is 0 Å². The number of likely N-dealkylation sites (tertiary alicyclic amines) is 1. The minimum atomic E-state index is -3.95. The van der Waals surface area contributed by atoms with Crippen LogP contribution >= 0.6 is 11.6 Å². The SMILES string of the molecule is CCN(c1ccccc1)S(=O)(=O)c1cc(NC(=O)CN2CCCCCCC2=O)ccc1Cl. The van der Waals surface area contributed by atoms with Crippen molar-refractivity contribution in [3.8, 4) is 0 Å². The van der Waals surface area contributed by atoms with E-state index in [1.807, 2.05) is 6.07 Å². The second kappa shape index (κ2) is 10.8. The summed E-state index contributed by atoms with van der Waals surface area (Å²) < 4.78 is 27.9. The molecule has 1 heterocycles. The molecule has 0 spiro atoms. The molecule has 0 unspecified atom stereocenters. The molecule has 2 aromatic rings. The van der Waals surface area contributed by atoms with Crippen LogP contribution in [0.25, 0.3) is 0 Å². The van der Waals surface area contributed by atoms with E-state index < -0.39 is 10.0 Å². The Morgan fingerprint density at radius 3 is 2.53 bits per heavy atom. The fourth-order valence-electron chi connectivity index (χ4n) is 3.74. The molecule has 0 bridgehead atoms. The van der Waals surface area contributed by atoms with Gasteiger partial charge < -0.3 is 10.2 Å². The van der Waals surface area contributed by atoms with Gasteiger partial charge in [0.25, 0.3) is 10.0 Å². The third-order valence-electron chi connectivity index (χ3n) is 5.37. The first-order valence-corrected chi connectivity index (χ1v) is 12.6. The van der Waals surface area contributed by atoms with Crippen molar-refractivity contribution < 1.29 is 18.0 Å². The maximum atomic E-state index is 13.3. The van der Waals surface area contributed by atoms with E-state index >= 15 is 0 Å². The summed E-state index contributed by atoms with van der Waals surface area (Å²) in [6.07, 6.45) is 4.23. The molecule has 2 aromatic carbocycles. The molecule has 0 saturated carbocycles. The summed E-state index contributed by atoms with van der Waals surface area (Å²) in [6, 6.07) is 13.1. The summed E-state index contributed by atoms with van der Waals surface area (Å²) in [5.74, 6) is -0.402.